The van der Waals surface area contributed by atoms with Gasteiger partial charge in [-0.25, -0.2) is 9.59 Å². The van der Waals surface area contributed by atoms with Gasteiger partial charge in [0.15, 0.2) is 0 Å². The first-order chi connectivity index (χ1) is 30.6. The molecule has 4 aromatic carbocycles. The Balaban J connectivity index is 1.43. The summed E-state index contributed by atoms with van der Waals surface area (Å²) in [5, 5.41) is 26.3. The zero-order chi connectivity index (χ0) is 45.2. The maximum absolute atomic E-state index is 13.5. The lowest BCUT2D eigenvalue weighted by molar-refractivity contribution is 0.134. The van der Waals surface area contributed by atoms with Gasteiger partial charge in [-0.2, -0.15) is 0 Å². The van der Waals surface area contributed by atoms with Crippen molar-refractivity contribution in [2.45, 2.75) is 134 Å². The van der Waals surface area contributed by atoms with Crippen LogP contribution in [0.15, 0.2) is 136 Å². The molecule has 1 aliphatic carbocycles. The van der Waals surface area contributed by atoms with E-state index in [2.05, 4.69) is 75.1 Å². The minimum Gasteiger partial charge on any atom is -0.437 e. The van der Waals surface area contributed by atoms with Gasteiger partial charge in [0.1, 0.15) is 12.2 Å². The summed E-state index contributed by atoms with van der Waals surface area (Å²) in [6.07, 6.45) is 17.8. The molecule has 8 nitrogen and oxygen atoms in total. The van der Waals surface area contributed by atoms with Gasteiger partial charge < -0.3 is 19.7 Å². The molecule has 0 bridgehead atoms. The fraction of sp³-hybridized carbons (Fsp3) is 0.382. The number of aliphatic hydroxyl groups is 2. The van der Waals surface area contributed by atoms with Crippen molar-refractivity contribution in [2.24, 2.45) is 0 Å². The molecule has 1 aliphatic rings. The summed E-state index contributed by atoms with van der Waals surface area (Å²) in [5.41, 5.74) is 8.36. The van der Waals surface area contributed by atoms with Gasteiger partial charge in [-0.1, -0.05) is 177 Å². The fourth-order valence-corrected chi connectivity index (χ4v) is 8.80. The van der Waals surface area contributed by atoms with Crippen LogP contribution in [0.5, 0.6) is 0 Å². The van der Waals surface area contributed by atoms with Gasteiger partial charge >= 0.3 is 12.2 Å². The highest BCUT2D eigenvalue weighted by molar-refractivity contribution is 5.91. The maximum atomic E-state index is 13.5. The van der Waals surface area contributed by atoms with Crippen molar-refractivity contribution >= 4 is 23.6 Å². The molecule has 4 atom stereocenters. The molecule has 5 rings (SSSR count). The molecular weight excluding hydrogens is 785 g/mol. The predicted octanol–water partition coefficient (Wildman–Crippen LogP) is 14.8. The smallest absolute Gasteiger partial charge is 0.412 e. The summed E-state index contributed by atoms with van der Waals surface area (Å²) in [5.74, 6) is 0. The van der Waals surface area contributed by atoms with Gasteiger partial charge in [-0.15, -0.1) is 13.2 Å². The highest BCUT2D eigenvalue weighted by Gasteiger charge is 2.43. The molecule has 4 unspecified atom stereocenters. The summed E-state index contributed by atoms with van der Waals surface area (Å²) in [4.78, 5) is 27.1. The van der Waals surface area contributed by atoms with E-state index >= 15 is 0 Å². The lowest BCUT2D eigenvalue weighted by atomic mass is 9.70. The van der Waals surface area contributed by atoms with Crippen molar-refractivity contribution in [3.8, 4) is 11.1 Å². The number of hydrogen-bond donors (Lipinski definition) is 4. The highest BCUT2D eigenvalue weighted by atomic mass is 16.6. The third-order valence-electron chi connectivity index (χ3n) is 12.3. The molecule has 0 aliphatic heterocycles. The highest BCUT2D eigenvalue weighted by Crippen LogP contribution is 2.55. The third-order valence-corrected chi connectivity index (χ3v) is 12.3. The lowest BCUT2D eigenvalue weighted by Gasteiger charge is -2.33. The quantitative estimate of drug-likeness (QED) is 0.0369. The minimum atomic E-state index is -0.783. The second-order valence-corrected chi connectivity index (χ2v) is 16.7. The number of carbonyl (C=O) groups excluding carboxylic acids is 2. The first-order valence-electron chi connectivity index (χ1n) is 22.9. The van der Waals surface area contributed by atoms with Crippen molar-refractivity contribution < 1.29 is 29.3 Å². The molecule has 0 aromatic heterocycles. The van der Waals surface area contributed by atoms with Crippen molar-refractivity contribution in [1.29, 1.82) is 0 Å². The van der Waals surface area contributed by atoms with Crippen molar-refractivity contribution in [1.82, 2.24) is 0 Å². The number of unbranched alkanes of at least 4 members (excludes halogenated alkanes) is 10. The summed E-state index contributed by atoms with van der Waals surface area (Å²) in [7, 11) is 0. The van der Waals surface area contributed by atoms with Crippen molar-refractivity contribution in [3.63, 3.8) is 0 Å². The van der Waals surface area contributed by atoms with Gasteiger partial charge in [0, 0.05) is 16.8 Å². The minimum absolute atomic E-state index is 0.355. The lowest BCUT2D eigenvalue weighted by Crippen LogP contribution is -2.26. The van der Waals surface area contributed by atoms with Crippen LogP contribution >= 0.6 is 0 Å². The third kappa shape index (κ3) is 12.7. The second kappa shape index (κ2) is 24.2. The van der Waals surface area contributed by atoms with Crippen LogP contribution in [0.3, 0.4) is 0 Å². The van der Waals surface area contributed by atoms with Crippen LogP contribution in [0.4, 0.5) is 21.0 Å². The Kier molecular flexibility index (Phi) is 18.6. The van der Waals surface area contributed by atoms with Crippen LogP contribution < -0.4 is 10.6 Å². The van der Waals surface area contributed by atoms with E-state index < -0.39 is 36.6 Å². The van der Waals surface area contributed by atoms with E-state index in [-0.39, 0.29) is 5.41 Å². The molecule has 4 N–H and O–H groups in total. The standard InChI is InChI=1S/C55H68N2O6/c1-7-13-15-17-19-21-35-55(36-22-20-18-16-14-8-2)47-37-43(56-53(60)62-51(11-5)41-27-23-39(24-28-41)49(58)9-3)31-33-45(47)46-34-32-44(38-48(46)55)57-54(61)63-52(12-6)42-29-25-40(26-30-42)50(59)10-4/h9-12,23-34,37-38,49-52,58-59H,3-8,13-22,35-36H2,1-2H3,(H,56,60)(H,57,61). The first-order valence-corrected chi connectivity index (χ1v) is 22.9. The van der Waals surface area contributed by atoms with Gasteiger partial charge in [0.05, 0.1) is 12.2 Å². The monoisotopic (exact) mass is 853 g/mol. The average molecular weight is 853 g/mol. The number of nitrogens with one attached hydrogen (secondary N) is 2. The van der Waals surface area contributed by atoms with E-state index in [9.17, 15) is 19.8 Å². The Labute approximate surface area is 375 Å². The van der Waals surface area contributed by atoms with Crippen LogP contribution in [0.2, 0.25) is 0 Å². The SMILES string of the molecule is C=CC(O)c1ccc(C(C=C)OC(=O)Nc2ccc3c(c2)C(CCCCCCCC)(CCCCCCCC)c2cc(NC(=O)OC(C=C)c4ccc(C(O)C=C)cc4)ccc2-3)cc1. The number of amides is 2. The maximum Gasteiger partial charge on any atom is 0.412 e. The zero-order valence-electron chi connectivity index (χ0n) is 37.5. The van der Waals surface area contributed by atoms with Crippen LogP contribution in [-0.4, -0.2) is 22.4 Å². The summed E-state index contributed by atoms with van der Waals surface area (Å²) < 4.78 is 11.8. The predicted molar refractivity (Wildman–Crippen MR) is 258 cm³/mol. The van der Waals surface area contributed by atoms with Crippen LogP contribution in [-0.2, 0) is 14.9 Å². The number of rotatable bonds is 26. The van der Waals surface area contributed by atoms with E-state index in [1.165, 1.54) is 74.6 Å². The summed E-state index contributed by atoms with van der Waals surface area (Å²) >= 11 is 0. The summed E-state index contributed by atoms with van der Waals surface area (Å²) in [6.45, 7) is 19.6. The van der Waals surface area contributed by atoms with Crippen LogP contribution in [0.1, 0.15) is 162 Å². The fourth-order valence-electron chi connectivity index (χ4n) is 8.80. The topological polar surface area (TPSA) is 117 Å². The molecule has 0 saturated carbocycles. The summed E-state index contributed by atoms with van der Waals surface area (Å²) in [6, 6.07) is 26.6. The van der Waals surface area contributed by atoms with E-state index in [4.69, 9.17) is 9.47 Å². The van der Waals surface area contributed by atoms with Gasteiger partial charge in [-0.3, -0.25) is 10.6 Å². The number of anilines is 2. The molecule has 8 heteroatoms. The number of hydrogen-bond acceptors (Lipinski definition) is 6. The normalized spacial score (nSPS) is 14.2. The zero-order valence-corrected chi connectivity index (χ0v) is 37.5. The number of ether oxygens (including phenoxy) is 2. The molecule has 63 heavy (non-hydrogen) atoms. The number of fused-ring (bicyclic) bond motifs is 3. The van der Waals surface area contributed by atoms with Crippen LogP contribution in [0, 0.1) is 0 Å². The second-order valence-electron chi connectivity index (χ2n) is 16.7. The van der Waals surface area contributed by atoms with Gasteiger partial charge in [-0.05, 0) is 93.8 Å². The van der Waals surface area contributed by atoms with Gasteiger partial charge in [0.25, 0.3) is 0 Å². The van der Waals surface area contributed by atoms with Crippen molar-refractivity contribution in [3.05, 3.63) is 169 Å². The van der Waals surface area contributed by atoms with E-state index in [0.29, 0.717) is 22.5 Å². The van der Waals surface area contributed by atoms with Crippen molar-refractivity contribution in [2.75, 3.05) is 10.6 Å². The van der Waals surface area contributed by atoms with Crippen LogP contribution in [0.25, 0.3) is 11.1 Å². The Morgan fingerprint density at radius 3 is 1.22 bits per heavy atom. The molecule has 0 heterocycles. The van der Waals surface area contributed by atoms with Gasteiger partial charge in [0.2, 0.25) is 0 Å². The first kappa shape index (κ1) is 48.3. The Morgan fingerprint density at radius 1 is 0.524 bits per heavy atom. The molecular formula is C55H68N2O6. The average Bonchev–Trinajstić information content (AvgIpc) is 3.56. The Morgan fingerprint density at radius 2 is 0.873 bits per heavy atom. The molecule has 0 radical (unpaired) electrons. The molecule has 2 amide bonds. The Hall–Kier alpha value is -5.70. The van der Waals surface area contributed by atoms with E-state index in [0.717, 1.165) is 60.8 Å². The molecule has 0 saturated heterocycles. The largest absolute Gasteiger partial charge is 0.437 e. The Bertz CT molecular complexity index is 1990. The van der Waals surface area contributed by atoms with E-state index in [1.807, 2.05) is 36.4 Å². The molecule has 0 fully saturated rings. The molecule has 334 valence electrons. The molecule has 4 aromatic rings. The number of carbonyl (C=O) groups is 2. The number of benzene rings is 4. The number of aliphatic hydroxyl groups excluding tert-OH is 2. The molecule has 0 spiro atoms. The van der Waals surface area contributed by atoms with E-state index in [1.54, 1.807) is 36.4 Å².